The Bertz CT molecular complexity index is 1420. The van der Waals surface area contributed by atoms with E-state index < -0.39 is 6.09 Å². The third-order valence-corrected chi connectivity index (χ3v) is 7.31. The molecule has 14 heteroatoms. The molecule has 2 aliphatic heterocycles. The van der Waals surface area contributed by atoms with Crippen molar-refractivity contribution in [3.63, 3.8) is 0 Å². The van der Waals surface area contributed by atoms with Gasteiger partial charge in [-0.15, -0.1) is 0 Å². The fraction of sp³-hybridized carbons (Fsp3) is 0.346. The maximum Gasteiger partial charge on any atom is 0.407 e. The highest BCUT2D eigenvalue weighted by Crippen LogP contribution is 2.26. The van der Waals surface area contributed by atoms with Crippen LogP contribution in [0.25, 0.3) is 22.6 Å². The molecule has 5 N–H and O–H groups in total. The van der Waals surface area contributed by atoms with Crippen molar-refractivity contribution in [3.05, 3.63) is 54.5 Å². The maximum absolute atomic E-state index is 12.3. The number of nitrogens with one attached hydrogen (secondary N) is 4. The Labute approximate surface area is 234 Å². The second kappa shape index (κ2) is 13.3. The number of carbonyl (C=O) groups excluding carboxylic acids is 1. The van der Waals surface area contributed by atoms with E-state index in [-0.39, 0.29) is 6.03 Å². The van der Waals surface area contributed by atoms with Gasteiger partial charge in [-0.05, 0) is 29.8 Å². The van der Waals surface area contributed by atoms with Crippen LogP contribution in [0, 0.1) is 0 Å². The van der Waals surface area contributed by atoms with Gasteiger partial charge >= 0.3 is 12.1 Å². The van der Waals surface area contributed by atoms with Crippen LogP contribution >= 0.6 is 11.8 Å². The minimum atomic E-state index is -0.782. The molecule has 0 atom stereocenters. The third kappa shape index (κ3) is 7.28. The Morgan fingerprint density at radius 1 is 1.10 bits per heavy atom. The van der Waals surface area contributed by atoms with Gasteiger partial charge in [0.05, 0.1) is 41.8 Å². The number of fused-ring (bicyclic) bond motifs is 1. The number of H-pyrrole nitrogens is 2. The van der Waals surface area contributed by atoms with Crippen molar-refractivity contribution in [2.24, 2.45) is 0 Å². The van der Waals surface area contributed by atoms with E-state index in [1.165, 1.54) is 10.5 Å². The molecule has 40 heavy (non-hydrogen) atoms. The number of carbonyl (C=O) groups is 2. The number of carboxylic acid groups (broad SMARTS) is 1. The van der Waals surface area contributed by atoms with E-state index in [9.17, 15) is 9.59 Å². The Morgan fingerprint density at radius 3 is 2.65 bits per heavy atom. The van der Waals surface area contributed by atoms with Crippen LogP contribution in [0.1, 0.15) is 5.56 Å². The zero-order valence-electron chi connectivity index (χ0n) is 21.8. The van der Waals surface area contributed by atoms with Crippen LogP contribution in [0.2, 0.25) is 0 Å². The van der Waals surface area contributed by atoms with Gasteiger partial charge in [-0.3, -0.25) is 15.0 Å². The molecule has 0 unspecified atom stereocenters. The number of hydrogen-bond acceptors (Lipinski definition) is 8. The molecule has 4 aromatic rings. The zero-order valence-corrected chi connectivity index (χ0v) is 22.6. The molecule has 6 rings (SSSR count). The number of rotatable bonds is 5. The number of amides is 3. The van der Waals surface area contributed by atoms with E-state index in [1.54, 1.807) is 30.7 Å². The number of urea groups is 1. The number of aromatic amines is 2. The zero-order chi connectivity index (χ0) is 27.7. The van der Waals surface area contributed by atoms with Gasteiger partial charge < -0.3 is 30.4 Å². The number of thioether (sulfide) groups is 1. The summed E-state index contributed by atoms with van der Waals surface area (Å²) in [6, 6.07) is 9.33. The van der Waals surface area contributed by atoms with Gasteiger partial charge in [-0.25, -0.2) is 14.6 Å². The number of aromatic nitrogens is 5. The van der Waals surface area contributed by atoms with E-state index in [2.05, 4.69) is 47.8 Å². The molecule has 3 aromatic heterocycles. The van der Waals surface area contributed by atoms with Gasteiger partial charge in [0.25, 0.3) is 0 Å². The van der Waals surface area contributed by atoms with Crippen molar-refractivity contribution in [1.29, 1.82) is 0 Å². The van der Waals surface area contributed by atoms with Crippen LogP contribution in [0.3, 0.4) is 0 Å². The molecule has 5 heterocycles. The average Bonchev–Trinajstić information content (AvgIpc) is 3.61. The van der Waals surface area contributed by atoms with Gasteiger partial charge in [0.2, 0.25) is 0 Å². The van der Waals surface area contributed by atoms with E-state index in [1.807, 2.05) is 17.8 Å². The monoisotopic (exact) mass is 565 g/mol. The molecule has 0 bridgehead atoms. The molecular formula is C26H31N9O4S. The van der Waals surface area contributed by atoms with Crippen LogP contribution in [0.4, 0.5) is 21.0 Å². The Balaban J connectivity index is 0.000000306. The molecule has 1 aromatic carbocycles. The molecule has 0 radical (unpaired) electrons. The number of pyridine rings is 1. The number of hydrogen-bond donors (Lipinski definition) is 5. The number of ether oxygens (including phenoxy) is 1. The van der Waals surface area contributed by atoms with Crippen molar-refractivity contribution >= 4 is 46.3 Å². The molecule has 2 saturated heterocycles. The summed E-state index contributed by atoms with van der Waals surface area (Å²) in [4.78, 5) is 38.4. The largest absolute Gasteiger partial charge is 0.465 e. The average molecular weight is 566 g/mol. The quantitative estimate of drug-likeness (QED) is 0.243. The van der Waals surface area contributed by atoms with E-state index in [0.29, 0.717) is 36.0 Å². The fourth-order valence-electron chi connectivity index (χ4n) is 4.32. The molecule has 210 valence electrons. The summed E-state index contributed by atoms with van der Waals surface area (Å²) in [6.45, 7) is 5.68. The first-order valence-corrected chi connectivity index (χ1v) is 14.1. The number of benzene rings is 1. The molecule has 0 aliphatic carbocycles. The first kappa shape index (κ1) is 27.4. The van der Waals surface area contributed by atoms with Crippen molar-refractivity contribution in [3.8, 4) is 11.5 Å². The lowest BCUT2D eigenvalue weighted by Gasteiger charge is -2.26. The van der Waals surface area contributed by atoms with Crippen LogP contribution < -0.4 is 10.6 Å². The second-order valence-corrected chi connectivity index (χ2v) is 10.4. The van der Waals surface area contributed by atoms with Gasteiger partial charge in [0.15, 0.2) is 11.5 Å². The molecule has 2 fully saturated rings. The van der Waals surface area contributed by atoms with Gasteiger partial charge in [0, 0.05) is 56.6 Å². The smallest absolute Gasteiger partial charge is 0.407 e. The van der Waals surface area contributed by atoms with E-state index in [0.717, 1.165) is 55.4 Å². The number of nitrogens with zero attached hydrogens (tertiary/aromatic N) is 5. The Morgan fingerprint density at radius 2 is 1.93 bits per heavy atom. The van der Waals surface area contributed by atoms with Crippen LogP contribution in [-0.4, -0.2) is 103 Å². The minimum absolute atomic E-state index is 0.389. The number of morpholine rings is 1. The third-order valence-electron chi connectivity index (χ3n) is 6.37. The first-order chi connectivity index (χ1) is 19.5. The molecule has 0 saturated carbocycles. The summed E-state index contributed by atoms with van der Waals surface area (Å²) in [7, 11) is 0. The predicted octanol–water partition coefficient (Wildman–Crippen LogP) is 3.54. The summed E-state index contributed by atoms with van der Waals surface area (Å²) in [5.74, 6) is 2.48. The van der Waals surface area contributed by atoms with Crippen molar-refractivity contribution < 1.29 is 19.4 Å². The van der Waals surface area contributed by atoms with Gasteiger partial charge in [-0.2, -0.15) is 16.9 Å². The van der Waals surface area contributed by atoms with Crippen molar-refractivity contribution in [1.82, 2.24) is 34.9 Å². The lowest BCUT2D eigenvalue weighted by Crippen LogP contribution is -2.36. The van der Waals surface area contributed by atoms with Crippen molar-refractivity contribution in [2.45, 2.75) is 6.54 Å². The second-order valence-electron chi connectivity index (χ2n) is 9.18. The lowest BCUT2D eigenvalue weighted by atomic mass is 10.2. The molecule has 2 aliphatic rings. The molecule has 3 amide bonds. The van der Waals surface area contributed by atoms with Gasteiger partial charge in [0.1, 0.15) is 0 Å². The standard InChI is InChI=1S/C21H22N8O2.C5H9NO2S/c30-21(24-15-2-1-5-22-11-15)27-18-12-23-28-19(18)20-25-16-4-3-14(10-17(16)26-20)13-29-6-8-31-9-7-29;7-5(8)6-1-3-9-4-2-6/h1-5,10-12H,6-9,13H2,(H,23,28)(H,25,26)(H2,24,27,30);1-4H2,(H,7,8). The van der Waals surface area contributed by atoms with Crippen LogP contribution in [0.15, 0.2) is 48.9 Å². The number of anilines is 2. The SMILES string of the molecule is O=C(Nc1cccnc1)Nc1c[nH]nc1-c1nc2cc(CN3CCOCC3)ccc2[nH]1.O=C(O)N1CCSCC1. The summed E-state index contributed by atoms with van der Waals surface area (Å²) < 4.78 is 5.42. The summed E-state index contributed by atoms with van der Waals surface area (Å²) in [6.07, 6.45) is 4.06. The Kier molecular flexibility index (Phi) is 9.11. The summed E-state index contributed by atoms with van der Waals surface area (Å²) in [5.41, 5.74) is 4.62. The van der Waals surface area contributed by atoms with E-state index >= 15 is 0 Å². The fourth-order valence-corrected chi connectivity index (χ4v) is 5.22. The molecular weight excluding hydrogens is 534 g/mol. The summed E-state index contributed by atoms with van der Waals surface area (Å²) in [5, 5.41) is 21.0. The molecule has 0 spiro atoms. The van der Waals surface area contributed by atoms with Crippen LogP contribution in [0.5, 0.6) is 0 Å². The minimum Gasteiger partial charge on any atom is -0.465 e. The van der Waals surface area contributed by atoms with E-state index in [4.69, 9.17) is 14.8 Å². The normalized spacial score (nSPS) is 15.8. The number of imidazole rings is 1. The summed E-state index contributed by atoms with van der Waals surface area (Å²) >= 11 is 1.81. The van der Waals surface area contributed by atoms with Gasteiger partial charge in [-0.1, -0.05) is 6.07 Å². The molecule has 13 nitrogen and oxygen atoms in total. The first-order valence-electron chi connectivity index (χ1n) is 12.9. The maximum atomic E-state index is 12.3. The lowest BCUT2D eigenvalue weighted by molar-refractivity contribution is 0.0342. The predicted molar refractivity (Wildman–Crippen MR) is 154 cm³/mol. The topological polar surface area (TPSA) is 164 Å². The van der Waals surface area contributed by atoms with Crippen molar-refractivity contribution in [2.75, 3.05) is 61.5 Å². The van der Waals surface area contributed by atoms with Crippen LogP contribution in [-0.2, 0) is 11.3 Å². The highest BCUT2D eigenvalue weighted by Gasteiger charge is 2.17. The highest BCUT2D eigenvalue weighted by atomic mass is 32.2. The Hall–Kier alpha value is -4.14. The highest BCUT2D eigenvalue weighted by molar-refractivity contribution is 7.99.